The standard InChI is InChI=1S/C17H16ClN3S2/c1-2-9-21-16(11-7-8-11)19-20-17(21)22-10-14-15(18)12-5-3-4-6-13(12)23-14/h2-6,11H,1,7-10H2. The molecule has 3 nitrogen and oxygen atoms in total. The summed E-state index contributed by atoms with van der Waals surface area (Å²) in [7, 11) is 0. The second-order valence-electron chi connectivity index (χ2n) is 5.64. The smallest absolute Gasteiger partial charge is 0.191 e. The highest BCUT2D eigenvalue weighted by atomic mass is 35.5. The van der Waals surface area contributed by atoms with Crippen LogP contribution in [0.3, 0.4) is 0 Å². The van der Waals surface area contributed by atoms with Crippen LogP contribution < -0.4 is 0 Å². The lowest BCUT2D eigenvalue weighted by atomic mass is 10.2. The Labute approximate surface area is 148 Å². The number of aromatic nitrogens is 3. The van der Waals surface area contributed by atoms with Gasteiger partial charge in [-0.2, -0.15) is 0 Å². The highest BCUT2D eigenvalue weighted by molar-refractivity contribution is 7.98. The zero-order chi connectivity index (χ0) is 15.8. The van der Waals surface area contributed by atoms with Crippen LogP contribution >= 0.6 is 34.7 Å². The van der Waals surface area contributed by atoms with E-state index < -0.39 is 0 Å². The minimum atomic E-state index is 0.588. The lowest BCUT2D eigenvalue weighted by Crippen LogP contribution is -2.02. The third kappa shape index (κ3) is 2.93. The number of hydrogen-bond donors (Lipinski definition) is 0. The molecule has 0 radical (unpaired) electrons. The maximum Gasteiger partial charge on any atom is 0.191 e. The number of benzene rings is 1. The Balaban J connectivity index is 1.58. The van der Waals surface area contributed by atoms with Crippen molar-refractivity contribution >= 4 is 44.8 Å². The zero-order valence-electron chi connectivity index (χ0n) is 12.5. The molecule has 0 unspecified atom stereocenters. The maximum atomic E-state index is 6.53. The van der Waals surface area contributed by atoms with E-state index in [4.69, 9.17) is 11.6 Å². The molecule has 0 N–H and O–H groups in total. The first-order valence-electron chi connectivity index (χ1n) is 7.60. The number of thiophene rings is 1. The van der Waals surface area contributed by atoms with Crippen molar-refractivity contribution in [3.63, 3.8) is 0 Å². The van der Waals surface area contributed by atoms with E-state index in [0.29, 0.717) is 5.92 Å². The Morgan fingerprint density at radius 2 is 2.17 bits per heavy atom. The van der Waals surface area contributed by atoms with Crippen molar-refractivity contribution in [3.8, 4) is 0 Å². The summed E-state index contributed by atoms with van der Waals surface area (Å²) in [5.41, 5.74) is 0. The third-order valence-corrected chi connectivity index (χ3v) is 6.82. The lowest BCUT2D eigenvalue weighted by Gasteiger charge is -2.06. The van der Waals surface area contributed by atoms with Crippen molar-refractivity contribution < 1.29 is 0 Å². The Morgan fingerprint density at radius 3 is 2.91 bits per heavy atom. The number of nitrogens with zero attached hydrogens (tertiary/aromatic N) is 3. The molecule has 0 amide bonds. The summed E-state index contributed by atoms with van der Waals surface area (Å²) < 4.78 is 3.43. The van der Waals surface area contributed by atoms with Crippen LogP contribution in [0.15, 0.2) is 42.1 Å². The topological polar surface area (TPSA) is 30.7 Å². The summed E-state index contributed by atoms with van der Waals surface area (Å²) in [4.78, 5) is 1.19. The van der Waals surface area contributed by atoms with Gasteiger partial charge in [-0.05, 0) is 18.9 Å². The molecule has 23 heavy (non-hydrogen) atoms. The van der Waals surface area contributed by atoms with Crippen LogP contribution in [0, 0.1) is 0 Å². The molecule has 118 valence electrons. The highest BCUT2D eigenvalue weighted by Gasteiger charge is 2.30. The molecule has 2 aromatic heterocycles. The van der Waals surface area contributed by atoms with Gasteiger partial charge in [-0.1, -0.05) is 47.6 Å². The first-order chi connectivity index (χ1) is 11.3. The molecule has 3 aromatic rings. The Bertz CT molecular complexity index is 864. The molecule has 1 fully saturated rings. The summed E-state index contributed by atoms with van der Waals surface area (Å²) in [6.45, 7) is 4.62. The molecule has 1 aliphatic carbocycles. The van der Waals surface area contributed by atoms with Gasteiger partial charge in [-0.25, -0.2) is 0 Å². The van der Waals surface area contributed by atoms with Gasteiger partial charge in [0.15, 0.2) is 5.16 Å². The largest absolute Gasteiger partial charge is 0.302 e. The van der Waals surface area contributed by atoms with Crippen molar-refractivity contribution in [2.75, 3.05) is 0 Å². The molecule has 0 atom stereocenters. The van der Waals surface area contributed by atoms with Crippen LogP contribution in [-0.4, -0.2) is 14.8 Å². The van der Waals surface area contributed by atoms with E-state index in [1.165, 1.54) is 22.4 Å². The van der Waals surface area contributed by atoms with Crippen molar-refractivity contribution in [2.24, 2.45) is 0 Å². The predicted octanol–water partition coefficient (Wildman–Crippen LogP) is 5.50. The van der Waals surface area contributed by atoms with Gasteiger partial charge < -0.3 is 4.57 Å². The minimum absolute atomic E-state index is 0.588. The number of thioether (sulfide) groups is 1. The van der Waals surface area contributed by atoms with E-state index in [2.05, 4.69) is 39.5 Å². The number of allylic oxidation sites excluding steroid dienone is 1. The fraction of sp³-hybridized carbons (Fsp3) is 0.294. The fourth-order valence-electron chi connectivity index (χ4n) is 2.64. The molecule has 1 saturated carbocycles. The molecule has 1 aromatic carbocycles. The molecule has 0 saturated heterocycles. The third-order valence-electron chi connectivity index (χ3n) is 3.93. The van der Waals surface area contributed by atoms with Crippen LogP contribution in [-0.2, 0) is 12.3 Å². The molecule has 4 rings (SSSR count). The summed E-state index contributed by atoms with van der Waals surface area (Å²) >= 11 is 9.99. The van der Waals surface area contributed by atoms with E-state index in [0.717, 1.165) is 33.7 Å². The Kier molecular flexibility index (Phi) is 4.18. The molecule has 0 spiro atoms. The van der Waals surface area contributed by atoms with Gasteiger partial charge >= 0.3 is 0 Å². The number of fused-ring (bicyclic) bond motifs is 1. The van der Waals surface area contributed by atoms with Crippen LogP contribution in [0.5, 0.6) is 0 Å². The highest BCUT2D eigenvalue weighted by Crippen LogP contribution is 2.41. The average molecular weight is 362 g/mol. The Morgan fingerprint density at radius 1 is 1.35 bits per heavy atom. The first-order valence-corrected chi connectivity index (χ1v) is 9.78. The van der Waals surface area contributed by atoms with E-state index in [9.17, 15) is 0 Å². The van der Waals surface area contributed by atoms with Gasteiger partial charge in [0.2, 0.25) is 0 Å². The summed E-state index contributed by atoms with van der Waals surface area (Å²) in [6, 6.07) is 8.27. The molecule has 2 heterocycles. The quantitative estimate of drug-likeness (QED) is 0.429. The van der Waals surface area contributed by atoms with Gasteiger partial charge in [-0.15, -0.1) is 28.1 Å². The lowest BCUT2D eigenvalue weighted by molar-refractivity contribution is 0.681. The van der Waals surface area contributed by atoms with Crippen molar-refractivity contribution in [1.29, 1.82) is 0 Å². The fourth-order valence-corrected chi connectivity index (χ4v) is 5.25. The second kappa shape index (κ2) is 6.30. The number of hydrogen-bond acceptors (Lipinski definition) is 4. The molecule has 0 aliphatic heterocycles. The van der Waals surface area contributed by atoms with Crippen molar-refractivity contribution in [1.82, 2.24) is 14.8 Å². The summed E-state index contributed by atoms with van der Waals surface area (Å²) in [5, 5.41) is 11.7. The SMILES string of the molecule is C=CCn1c(SCc2sc3ccccc3c2Cl)nnc1C1CC1. The van der Waals surface area contributed by atoms with Gasteiger partial charge in [-0.3, -0.25) is 0 Å². The van der Waals surface area contributed by atoms with Crippen LogP contribution in [0.1, 0.15) is 29.5 Å². The van der Waals surface area contributed by atoms with Gasteiger partial charge in [0.1, 0.15) is 5.82 Å². The molecule has 0 bridgehead atoms. The van der Waals surface area contributed by atoms with Crippen molar-refractivity contribution in [2.45, 2.75) is 36.2 Å². The van der Waals surface area contributed by atoms with Crippen LogP contribution in [0.2, 0.25) is 5.02 Å². The van der Waals surface area contributed by atoms with Gasteiger partial charge in [0, 0.05) is 33.2 Å². The first kappa shape index (κ1) is 15.2. The maximum absolute atomic E-state index is 6.53. The van der Waals surface area contributed by atoms with Gasteiger partial charge in [0.05, 0.1) is 5.02 Å². The monoisotopic (exact) mass is 361 g/mol. The molecule has 1 aliphatic rings. The summed E-state index contributed by atoms with van der Waals surface area (Å²) in [5.74, 6) is 2.51. The van der Waals surface area contributed by atoms with Crippen LogP contribution in [0.25, 0.3) is 10.1 Å². The normalized spacial score (nSPS) is 14.5. The van der Waals surface area contributed by atoms with Gasteiger partial charge in [0.25, 0.3) is 0 Å². The van der Waals surface area contributed by atoms with E-state index in [1.807, 2.05) is 12.1 Å². The number of rotatable bonds is 6. The van der Waals surface area contributed by atoms with E-state index >= 15 is 0 Å². The predicted molar refractivity (Wildman–Crippen MR) is 98.6 cm³/mol. The zero-order valence-corrected chi connectivity index (χ0v) is 14.9. The molecule has 6 heteroatoms. The Hall–Kier alpha value is -1.30. The van der Waals surface area contributed by atoms with E-state index in [-0.39, 0.29) is 0 Å². The van der Waals surface area contributed by atoms with Crippen molar-refractivity contribution in [3.05, 3.63) is 52.6 Å². The minimum Gasteiger partial charge on any atom is -0.302 e. The summed E-state index contributed by atoms with van der Waals surface area (Å²) in [6.07, 6.45) is 4.36. The van der Waals surface area contributed by atoms with E-state index in [1.54, 1.807) is 23.1 Å². The molecular formula is C17H16ClN3S2. The second-order valence-corrected chi connectivity index (χ2v) is 8.10. The average Bonchev–Trinajstić information content (AvgIpc) is 3.26. The van der Waals surface area contributed by atoms with Crippen LogP contribution in [0.4, 0.5) is 0 Å². The number of halogens is 1. The molecular weight excluding hydrogens is 346 g/mol.